The van der Waals surface area contributed by atoms with Gasteiger partial charge in [-0.1, -0.05) is 19.8 Å². The summed E-state index contributed by atoms with van der Waals surface area (Å²) in [6, 6.07) is 0. The summed E-state index contributed by atoms with van der Waals surface area (Å²) in [6.07, 6.45) is 7.76. The molecule has 4 unspecified atom stereocenters. The Morgan fingerprint density at radius 3 is 2.67 bits per heavy atom. The summed E-state index contributed by atoms with van der Waals surface area (Å²) < 4.78 is 0. The van der Waals surface area contributed by atoms with Gasteiger partial charge >= 0.3 is 0 Å². The quantitative estimate of drug-likeness (QED) is 0.638. The van der Waals surface area contributed by atoms with E-state index in [4.69, 9.17) is 0 Å². The monoisotopic (exact) mass is 168 g/mol. The van der Waals surface area contributed by atoms with Crippen LogP contribution >= 0.6 is 0 Å². The Kier molecular flexibility index (Phi) is 2.40. The Bertz CT molecular complexity index is 155. The Morgan fingerprint density at radius 1 is 1.08 bits per heavy atom. The van der Waals surface area contributed by atoms with Crippen LogP contribution in [0.3, 0.4) is 0 Å². The van der Waals surface area contributed by atoms with Gasteiger partial charge in [0.1, 0.15) is 0 Å². The molecule has 2 aliphatic carbocycles. The van der Waals surface area contributed by atoms with Crippen LogP contribution in [0.15, 0.2) is 0 Å². The second kappa shape index (κ2) is 3.37. The van der Waals surface area contributed by atoms with Crippen molar-refractivity contribution in [1.82, 2.24) is 0 Å². The van der Waals surface area contributed by atoms with Crippen LogP contribution in [0.4, 0.5) is 0 Å². The van der Waals surface area contributed by atoms with Gasteiger partial charge in [-0.05, 0) is 43.4 Å². The number of aliphatic hydroxyl groups excluding tert-OH is 1. The minimum absolute atomic E-state index is 0.0419. The molecule has 2 fully saturated rings. The third kappa shape index (κ3) is 1.28. The van der Waals surface area contributed by atoms with Gasteiger partial charge in [0.15, 0.2) is 0 Å². The molecule has 0 spiro atoms. The van der Waals surface area contributed by atoms with Gasteiger partial charge < -0.3 is 5.11 Å². The van der Waals surface area contributed by atoms with Crippen molar-refractivity contribution in [3.63, 3.8) is 0 Å². The van der Waals surface area contributed by atoms with Gasteiger partial charge in [-0.2, -0.15) is 0 Å². The Hall–Kier alpha value is -0.0400. The molecule has 1 heteroatoms. The maximum atomic E-state index is 9.79. The molecule has 2 aliphatic rings. The van der Waals surface area contributed by atoms with Crippen LogP contribution in [0, 0.1) is 17.8 Å². The first-order chi connectivity index (χ1) is 5.83. The molecule has 2 rings (SSSR count). The first-order valence-corrected chi connectivity index (χ1v) is 5.51. The highest BCUT2D eigenvalue weighted by Gasteiger charge is 2.40. The van der Waals surface area contributed by atoms with Crippen LogP contribution in [0.25, 0.3) is 0 Å². The predicted octanol–water partition coefficient (Wildman–Crippen LogP) is 2.58. The van der Waals surface area contributed by atoms with Crippen molar-refractivity contribution in [2.24, 2.45) is 17.8 Å². The molecule has 4 atom stereocenters. The zero-order valence-electron chi connectivity index (χ0n) is 8.00. The fraction of sp³-hybridized carbons (Fsp3) is 1.00. The van der Waals surface area contributed by atoms with Crippen molar-refractivity contribution in [3.8, 4) is 0 Å². The van der Waals surface area contributed by atoms with Crippen LogP contribution in [0.2, 0.25) is 0 Å². The van der Waals surface area contributed by atoms with Gasteiger partial charge in [0.25, 0.3) is 0 Å². The second-order valence-corrected chi connectivity index (χ2v) is 4.57. The van der Waals surface area contributed by atoms with Crippen molar-refractivity contribution in [2.45, 2.75) is 51.6 Å². The van der Waals surface area contributed by atoms with Crippen LogP contribution in [0.5, 0.6) is 0 Å². The van der Waals surface area contributed by atoms with Crippen LogP contribution in [0.1, 0.15) is 45.4 Å². The summed E-state index contributed by atoms with van der Waals surface area (Å²) in [4.78, 5) is 0. The van der Waals surface area contributed by atoms with E-state index in [1.165, 1.54) is 32.1 Å². The molecule has 0 aromatic rings. The molecule has 12 heavy (non-hydrogen) atoms. The van der Waals surface area contributed by atoms with Gasteiger partial charge in [-0.3, -0.25) is 0 Å². The second-order valence-electron chi connectivity index (χ2n) is 4.57. The topological polar surface area (TPSA) is 20.2 Å². The highest BCUT2D eigenvalue weighted by molar-refractivity contribution is 4.91. The lowest BCUT2D eigenvalue weighted by atomic mass is 9.76. The zero-order chi connectivity index (χ0) is 8.55. The first kappa shape index (κ1) is 8.55. The molecule has 1 N–H and O–H groups in total. The zero-order valence-corrected chi connectivity index (χ0v) is 8.00. The highest BCUT2D eigenvalue weighted by Crippen LogP contribution is 2.46. The molecule has 0 aromatic heterocycles. The van der Waals surface area contributed by atoms with Crippen LogP contribution in [-0.2, 0) is 0 Å². The van der Waals surface area contributed by atoms with E-state index in [1.54, 1.807) is 0 Å². The molecule has 0 radical (unpaired) electrons. The lowest BCUT2D eigenvalue weighted by molar-refractivity contribution is 0.0375. The lowest BCUT2D eigenvalue weighted by Crippen LogP contribution is -2.30. The fourth-order valence-electron chi connectivity index (χ4n) is 3.40. The van der Waals surface area contributed by atoms with E-state index in [-0.39, 0.29) is 6.10 Å². The number of fused-ring (bicyclic) bond motifs is 1. The SMILES string of the molecule is CCC1CCC2C(O)CCCC12. The van der Waals surface area contributed by atoms with Crippen molar-refractivity contribution < 1.29 is 5.11 Å². The van der Waals surface area contributed by atoms with E-state index in [0.29, 0.717) is 5.92 Å². The molecular formula is C11H20O. The molecule has 0 saturated heterocycles. The fourth-order valence-corrected chi connectivity index (χ4v) is 3.40. The van der Waals surface area contributed by atoms with Crippen molar-refractivity contribution in [3.05, 3.63) is 0 Å². The molecule has 0 aliphatic heterocycles. The van der Waals surface area contributed by atoms with E-state index >= 15 is 0 Å². The van der Waals surface area contributed by atoms with Crippen LogP contribution in [-0.4, -0.2) is 11.2 Å². The maximum Gasteiger partial charge on any atom is 0.0571 e. The molecule has 2 saturated carbocycles. The van der Waals surface area contributed by atoms with Gasteiger partial charge in [0.05, 0.1) is 6.10 Å². The minimum atomic E-state index is 0.0419. The van der Waals surface area contributed by atoms with Crippen LogP contribution < -0.4 is 0 Å². The van der Waals surface area contributed by atoms with Gasteiger partial charge in [0.2, 0.25) is 0 Å². The summed E-state index contributed by atoms with van der Waals surface area (Å²) in [7, 11) is 0. The number of hydrogen-bond donors (Lipinski definition) is 1. The standard InChI is InChI=1S/C11H20O/c1-2-8-6-7-10-9(8)4-3-5-11(10)12/h8-12H,2-7H2,1H3. The molecule has 0 heterocycles. The average Bonchev–Trinajstić information content (AvgIpc) is 2.49. The number of hydrogen-bond acceptors (Lipinski definition) is 1. The van der Waals surface area contributed by atoms with Gasteiger partial charge in [-0.15, -0.1) is 0 Å². The van der Waals surface area contributed by atoms with Gasteiger partial charge in [-0.25, -0.2) is 0 Å². The molecule has 0 aromatic carbocycles. The Balaban J connectivity index is 2.04. The highest BCUT2D eigenvalue weighted by atomic mass is 16.3. The number of aliphatic hydroxyl groups is 1. The third-order valence-electron chi connectivity index (χ3n) is 4.08. The summed E-state index contributed by atoms with van der Waals surface area (Å²) in [6.45, 7) is 2.30. The maximum absolute atomic E-state index is 9.79. The predicted molar refractivity (Wildman–Crippen MR) is 49.9 cm³/mol. The molecule has 0 bridgehead atoms. The Labute approximate surface area is 75.2 Å². The molecule has 70 valence electrons. The average molecular weight is 168 g/mol. The smallest absolute Gasteiger partial charge is 0.0571 e. The molecule has 1 nitrogen and oxygen atoms in total. The van der Waals surface area contributed by atoms with E-state index in [0.717, 1.165) is 18.3 Å². The Morgan fingerprint density at radius 2 is 1.92 bits per heavy atom. The molecular weight excluding hydrogens is 148 g/mol. The summed E-state index contributed by atoms with van der Waals surface area (Å²) >= 11 is 0. The van der Waals surface area contributed by atoms with E-state index in [1.807, 2.05) is 0 Å². The van der Waals surface area contributed by atoms with Crippen molar-refractivity contribution >= 4 is 0 Å². The van der Waals surface area contributed by atoms with E-state index in [9.17, 15) is 5.11 Å². The van der Waals surface area contributed by atoms with E-state index in [2.05, 4.69) is 6.92 Å². The van der Waals surface area contributed by atoms with Crippen molar-refractivity contribution in [1.29, 1.82) is 0 Å². The van der Waals surface area contributed by atoms with Gasteiger partial charge in [0, 0.05) is 0 Å². The molecule has 0 amide bonds. The summed E-state index contributed by atoms with van der Waals surface area (Å²) in [5, 5.41) is 9.79. The summed E-state index contributed by atoms with van der Waals surface area (Å²) in [5.41, 5.74) is 0. The first-order valence-electron chi connectivity index (χ1n) is 5.51. The lowest BCUT2D eigenvalue weighted by Gasteiger charge is -2.32. The minimum Gasteiger partial charge on any atom is -0.393 e. The summed E-state index contributed by atoms with van der Waals surface area (Å²) in [5.74, 6) is 2.48. The number of rotatable bonds is 1. The van der Waals surface area contributed by atoms with Crippen molar-refractivity contribution in [2.75, 3.05) is 0 Å². The third-order valence-corrected chi connectivity index (χ3v) is 4.08. The normalized spacial score (nSPS) is 47.5. The van der Waals surface area contributed by atoms with E-state index < -0.39 is 0 Å². The largest absolute Gasteiger partial charge is 0.393 e.